The summed E-state index contributed by atoms with van der Waals surface area (Å²) in [6, 6.07) is 8.18. The van der Waals surface area contributed by atoms with E-state index < -0.39 is 0 Å². The van der Waals surface area contributed by atoms with Crippen molar-refractivity contribution in [3.8, 4) is 5.75 Å². The first-order valence-corrected chi connectivity index (χ1v) is 8.44. The molecular weight excluding hydrogens is 417 g/mol. The lowest BCUT2D eigenvalue weighted by Gasteiger charge is -2.11. The number of unbranched alkanes of at least 4 members (excludes halogenated alkanes) is 2. The molecule has 1 aromatic rings. The van der Waals surface area contributed by atoms with Gasteiger partial charge in [0.05, 0.1) is 7.11 Å². The monoisotopic (exact) mass is 449 g/mol. The molecule has 0 aliphatic rings. The molecule has 0 amide bonds. The number of benzene rings is 1. The maximum atomic E-state index is 5.17. The predicted molar refractivity (Wildman–Crippen MR) is 112 cm³/mol. The van der Waals surface area contributed by atoms with Gasteiger partial charge in [-0.2, -0.15) is 0 Å². The van der Waals surface area contributed by atoms with E-state index in [1.54, 1.807) is 14.2 Å². The fourth-order valence-electron chi connectivity index (χ4n) is 2.19. The first kappa shape index (κ1) is 23.0. The summed E-state index contributed by atoms with van der Waals surface area (Å²) < 4.78 is 10.2. The number of hydrogen-bond acceptors (Lipinski definition) is 3. The number of guanidine groups is 1. The van der Waals surface area contributed by atoms with E-state index >= 15 is 0 Å². The highest BCUT2D eigenvalue weighted by Crippen LogP contribution is 2.11. The number of hydrogen-bond donors (Lipinski definition) is 2. The van der Waals surface area contributed by atoms with Gasteiger partial charge < -0.3 is 20.1 Å². The van der Waals surface area contributed by atoms with E-state index in [2.05, 4.69) is 34.7 Å². The minimum absolute atomic E-state index is 0. The summed E-state index contributed by atoms with van der Waals surface area (Å²) in [7, 11) is 3.43. The molecule has 0 atom stereocenters. The molecule has 0 saturated heterocycles. The number of nitrogens with zero attached hydrogens (tertiary/aromatic N) is 1. The molecule has 24 heavy (non-hydrogen) atoms. The van der Waals surface area contributed by atoms with Crippen LogP contribution < -0.4 is 15.4 Å². The van der Waals surface area contributed by atoms with E-state index in [-0.39, 0.29) is 24.0 Å². The molecule has 0 spiro atoms. The van der Waals surface area contributed by atoms with Crippen molar-refractivity contribution in [1.82, 2.24) is 10.6 Å². The normalized spacial score (nSPS) is 10.9. The second kappa shape index (κ2) is 15.5. The minimum Gasteiger partial charge on any atom is -0.497 e. The molecule has 1 aromatic carbocycles. The van der Waals surface area contributed by atoms with Crippen LogP contribution in [0.15, 0.2) is 29.3 Å². The summed E-state index contributed by atoms with van der Waals surface area (Å²) in [4.78, 5) is 4.60. The van der Waals surface area contributed by atoms with Gasteiger partial charge in [-0.15, -0.1) is 24.0 Å². The van der Waals surface area contributed by atoms with Crippen molar-refractivity contribution in [1.29, 1.82) is 0 Å². The molecule has 5 nitrogen and oxygen atoms in total. The highest BCUT2D eigenvalue weighted by atomic mass is 127. The molecule has 138 valence electrons. The van der Waals surface area contributed by atoms with Crippen molar-refractivity contribution in [2.75, 3.05) is 40.5 Å². The van der Waals surface area contributed by atoms with Gasteiger partial charge in [-0.05, 0) is 50.3 Å². The Labute approximate surface area is 163 Å². The van der Waals surface area contributed by atoms with Crippen LogP contribution in [0.3, 0.4) is 0 Å². The fraction of sp³-hybridized carbons (Fsp3) is 0.611. The Balaban J connectivity index is 0.00000529. The van der Waals surface area contributed by atoms with Gasteiger partial charge in [-0.3, -0.25) is 4.99 Å². The van der Waals surface area contributed by atoms with Crippen LogP contribution in [-0.2, 0) is 11.2 Å². The summed E-state index contributed by atoms with van der Waals surface area (Å²) in [6.07, 6.45) is 4.32. The van der Waals surface area contributed by atoms with Crippen LogP contribution in [0.25, 0.3) is 0 Å². The van der Waals surface area contributed by atoms with Crippen LogP contribution in [0.4, 0.5) is 0 Å². The van der Waals surface area contributed by atoms with Crippen molar-refractivity contribution >= 4 is 29.9 Å². The topological polar surface area (TPSA) is 54.9 Å². The SMILES string of the molecule is CCNC(=NCCCCCOC)NCCc1ccc(OC)cc1.I. The molecule has 0 aliphatic heterocycles. The molecule has 0 fully saturated rings. The third-order valence-corrected chi connectivity index (χ3v) is 3.49. The van der Waals surface area contributed by atoms with E-state index in [1.807, 2.05) is 12.1 Å². The molecule has 0 unspecified atom stereocenters. The zero-order valence-electron chi connectivity index (χ0n) is 15.1. The molecule has 0 aromatic heterocycles. The number of aliphatic imine (C=N–C) groups is 1. The standard InChI is InChI=1S/C18H31N3O2.HI/c1-4-19-18(20-13-6-5-7-15-22-2)21-14-12-16-8-10-17(23-3)11-9-16;/h8-11H,4-7,12-15H2,1-3H3,(H2,19,20,21);1H. The quantitative estimate of drug-likeness (QED) is 0.236. The van der Waals surface area contributed by atoms with Crippen LogP contribution in [0.5, 0.6) is 5.75 Å². The van der Waals surface area contributed by atoms with Gasteiger partial charge >= 0.3 is 0 Å². The zero-order valence-corrected chi connectivity index (χ0v) is 17.5. The van der Waals surface area contributed by atoms with Gasteiger partial charge in [0.25, 0.3) is 0 Å². The molecule has 0 saturated carbocycles. The average Bonchev–Trinajstić information content (AvgIpc) is 2.58. The molecule has 0 heterocycles. The van der Waals surface area contributed by atoms with Gasteiger partial charge in [-0.1, -0.05) is 12.1 Å². The fourth-order valence-corrected chi connectivity index (χ4v) is 2.19. The number of ether oxygens (including phenoxy) is 2. The van der Waals surface area contributed by atoms with Gasteiger partial charge in [0, 0.05) is 33.4 Å². The van der Waals surface area contributed by atoms with Gasteiger partial charge in [0.2, 0.25) is 0 Å². The lowest BCUT2D eigenvalue weighted by molar-refractivity contribution is 0.192. The summed E-state index contributed by atoms with van der Waals surface area (Å²) in [5.74, 6) is 1.79. The summed E-state index contributed by atoms with van der Waals surface area (Å²) in [5.41, 5.74) is 1.29. The number of methoxy groups -OCH3 is 2. The number of nitrogens with one attached hydrogen (secondary N) is 2. The molecule has 6 heteroatoms. The smallest absolute Gasteiger partial charge is 0.191 e. The Morgan fingerprint density at radius 1 is 1.04 bits per heavy atom. The molecule has 0 radical (unpaired) electrons. The third-order valence-electron chi connectivity index (χ3n) is 3.49. The number of rotatable bonds is 11. The van der Waals surface area contributed by atoms with E-state index in [9.17, 15) is 0 Å². The van der Waals surface area contributed by atoms with E-state index in [4.69, 9.17) is 9.47 Å². The first-order chi connectivity index (χ1) is 11.3. The first-order valence-electron chi connectivity index (χ1n) is 8.44. The average molecular weight is 449 g/mol. The van der Waals surface area contributed by atoms with Crippen LogP contribution >= 0.6 is 24.0 Å². The van der Waals surface area contributed by atoms with E-state index in [0.717, 1.165) is 63.6 Å². The maximum absolute atomic E-state index is 5.17. The van der Waals surface area contributed by atoms with Crippen LogP contribution in [0.2, 0.25) is 0 Å². The van der Waals surface area contributed by atoms with Crippen LogP contribution in [0.1, 0.15) is 31.7 Å². The second-order valence-electron chi connectivity index (χ2n) is 5.34. The van der Waals surface area contributed by atoms with Gasteiger partial charge in [0.15, 0.2) is 5.96 Å². The van der Waals surface area contributed by atoms with Crippen LogP contribution in [0, 0.1) is 0 Å². The molecule has 2 N–H and O–H groups in total. The lowest BCUT2D eigenvalue weighted by atomic mass is 10.1. The largest absolute Gasteiger partial charge is 0.497 e. The summed E-state index contributed by atoms with van der Waals surface area (Å²) >= 11 is 0. The van der Waals surface area contributed by atoms with Crippen molar-refractivity contribution in [2.45, 2.75) is 32.6 Å². The lowest BCUT2D eigenvalue weighted by Crippen LogP contribution is -2.38. The van der Waals surface area contributed by atoms with Crippen molar-refractivity contribution in [3.63, 3.8) is 0 Å². The Morgan fingerprint density at radius 2 is 1.79 bits per heavy atom. The number of halogens is 1. The molecule has 1 rings (SSSR count). The van der Waals surface area contributed by atoms with Gasteiger partial charge in [0.1, 0.15) is 5.75 Å². The van der Waals surface area contributed by atoms with Crippen LogP contribution in [-0.4, -0.2) is 46.4 Å². The van der Waals surface area contributed by atoms with Crippen molar-refractivity contribution in [3.05, 3.63) is 29.8 Å². The second-order valence-corrected chi connectivity index (χ2v) is 5.34. The zero-order chi connectivity index (χ0) is 16.8. The Bertz CT molecular complexity index is 438. The highest BCUT2D eigenvalue weighted by Gasteiger charge is 1.98. The Morgan fingerprint density at radius 3 is 2.42 bits per heavy atom. The maximum Gasteiger partial charge on any atom is 0.191 e. The van der Waals surface area contributed by atoms with Crippen molar-refractivity contribution in [2.24, 2.45) is 4.99 Å². The van der Waals surface area contributed by atoms with E-state index in [0.29, 0.717) is 0 Å². The van der Waals surface area contributed by atoms with Crippen molar-refractivity contribution < 1.29 is 9.47 Å². The Hall–Kier alpha value is -1.02. The predicted octanol–water partition coefficient (Wildman–Crippen LogP) is 3.23. The molecule has 0 aliphatic carbocycles. The summed E-state index contributed by atoms with van der Waals surface area (Å²) in [5, 5.41) is 6.67. The summed E-state index contributed by atoms with van der Waals surface area (Å²) in [6.45, 7) is 5.50. The molecule has 0 bridgehead atoms. The van der Waals surface area contributed by atoms with E-state index in [1.165, 1.54) is 5.56 Å². The Kier molecular flexibility index (Phi) is 14.8. The molecular formula is C18H32IN3O2. The minimum atomic E-state index is 0. The highest BCUT2D eigenvalue weighted by molar-refractivity contribution is 14.0. The third kappa shape index (κ3) is 10.7. The van der Waals surface area contributed by atoms with Gasteiger partial charge in [-0.25, -0.2) is 0 Å².